The lowest BCUT2D eigenvalue weighted by molar-refractivity contribution is -0.126. The standard InChI is InChI=1S/C29H24ClN3O4/c1-2-16-36-21-14-12-19(13-15-21)32-28(34)24-25(22-17-18-8-6-7-11-23(18)31-27(22)30)33(37-26(24)29(32)35)20-9-4-3-5-10-20/h3-15,17,24-26H,2,16H2,1H3/t24-,25-,26+/m1/s1. The van der Waals surface area contributed by atoms with E-state index < -0.39 is 24.0 Å². The van der Waals surface area contributed by atoms with Crippen LogP contribution in [-0.4, -0.2) is 29.5 Å². The van der Waals surface area contributed by atoms with E-state index in [0.717, 1.165) is 23.0 Å². The van der Waals surface area contributed by atoms with Gasteiger partial charge in [0.1, 0.15) is 16.8 Å². The van der Waals surface area contributed by atoms with Crippen molar-refractivity contribution in [2.45, 2.75) is 25.5 Å². The number of carbonyl (C=O) groups excluding carboxylic acids is 2. The predicted octanol–water partition coefficient (Wildman–Crippen LogP) is 5.73. The molecule has 2 aliphatic rings. The van der Waals surface area contributed by atoms with E-state index in [1.54, 1.807) is 29.3 Å². The molecule has 0 aliphatic carbocycles. The highest BCUT2D eigenvalue weighted by molar-refractivity contribution is 6.31. The maximum absolute atomic E-state index is 13.9. The molecule has 7 nitrogen and oxygen atoms in total. The highest BCUT2D eigenvalue weighted by Crippen LogP contribution is 2.49. The first-order valence-corrected chi connectivity index (χ1v) is 12.6. The number of ether oxygens (including phenoxy) is 1. The summed E-state index contributed by atoms with van der Waals surface area (Å²) in [7, 11) is 0. The van der Waals surface area contributed by atoms with Crippen LogP contribution in [0, 0.1) is 5.92 Å². The number of rotatable bonds is 6. The summed E-state index contributed by atoms with van der Waals surface area (Å²) in [6, 6.07) is 25.3. The van der Waals surface area contributed by atoms with E-state index >= 15 is 0 Å². The van der Waals surface area contributed by atoms with Gasteiger partial charge in [-0.25, -0.2) is 14.9 Å². The summed E-state index contributed by atoms with van der Waals surface area (Å²) in [5.41, 5.74) is 2.57. The molecular weight excluding hydrogens is 490 g/mol. The fraction of sp³-hybridized carbons (Fsp3) is 0.207. The number of halogens is 1. The minimum atomic E-state index is -0.990. The Morgan fingerprint density at radius 2 is 1.65 bits per heavy atom. The Bertz CT molecular complexity index is 1480. The Hall–Kier alpha value is -3.94. The lowest BCUT2D eigenvalue weighted by Crippen LogP contribution is -2.37. The number of benzene rings is 3. The van der Waals surface area contributed by atoms with Gasteiger partial charge in [-0.1, -0.05) is 54.9 Å². The van der Waals surface area contributed by atoms with Gasteiger partial charge in [-0.05, 0) is 55.0 Å². The molecule has 8 heteroatoms. The third-order valence-electron chi connectivity index (χ3n) is 6.72. The molecule has 37 heavy (non-hydrogen) atoms. The zero-order chi connectivity index (χ0) is 25.5. The smallest absolute Gasteiger partial charge is 0.266 e. The summed E-state index contributed by atoms with van der Waals surface area (Å²) in [6.07, 6.45) is -0.104. The van der Waals surface area contributed by atoms with Crippen molar-refractivity contribution < 1.29 is 19.2 Å². The van der Waals surface area contributed by atoms with Crippen molar-refractivity contribution in [3.8, 4) is 5.75 Å². The summed E-state index contributed by atoms with van der Waals surface area (Å²) in [6.45, 7) is 2.62. The molecule has 0 spiro atoms. The van der Waals surface area contributed by atoms with Gasteiger partial charge < -0.3 is 4.74 Å². The maximum Gasteiger partial charge on any atom is 0.266 e. The Morgan fingerprint density at radius 1 is 0.919 bits per heavy atom. The molecule has 1 aromatic heterocycles. The van der Waals surface area contributed by atoms with E-state index in [-0.39, 0.29) is 11.1 Å². The number of carbonyl (C=O) groups is 2. The van der Waals surface area contributed by atoms with Crippen molar-refractivity contribution in [3.05, 3.63) is 95.6 Å². The van der Waals surface area contributed by atoms with Crippen LogP contribution in [0.2, 0.25) is 5.15 Å². The summed E-state index contributed by atoms with van der Waals surface area (Å²) in [4.78, 5) is 39.5. The molecular formula is C29H24ClN3O4. The fourth-order valence-electron chi connectivity index (χ4n) is 5.01. The van der Waals surface area contributed by atoms with Crippen LogP contribution in [0.3, 0.4) is 0 Å². The van der Waals surface area contributed by atoms with E-state index in [0.29, 0.717) is 23.6 Å². The minimum absolute atomic E-state index is 0.269. The van der Waals surface area contributed by atoms with Crippen molar-refractivity contribution in [1.82, 2.24) is 4.98 Å². The molecule has 2 amide bonds. The molecule has 3 atom stereocenters. The molecule has 2 saturated heterocycles. The maximum atomic E-state index is 13.9. The number of aromatic nitrogens is 1. The minimum Gasteiger partial charge on any atom is -0.494 e. The van der Waals surface area contributed by atoms with E-state index in [1.807, 2.05) is 67.6 Å². The summed E-state index contributed by atoms with van der Waals surface area (Å²) >= 11 is 6.71. The van der Waals surface area contributed by atoms with E-state index in [2.05, 4.69) is 4.98 Å². The molecule has 0 saturated carbocycles. The molecule has 0 radical (unpaired) electrons. The zero-order valence-corrected chi connectivity index (χ0v) is 20.8. The van der Waals surface area contributed by atoms with Crippen LogP contribution < -0.4 is 14.7 Å². The first-order chi connectivity index (χ1) is 18.1. The zero-order valence-electron chi connectivity index (χ0n) is 20.1. The number of hydroxylamine groups is 1. The number of nitrogens with zero attached hydrogens (tertiary/aromatic N) is 3. The molecule has 6 rings (SSSR count). The SMILES string of the molecule is CCCOc1ccc(N2C(=O)[C@H]3[C@H](ON(c4ccccc4)[C@@H]3c3cc4ccccc4nc3Cl)C2=O)cc1. The van der Waals surface area contributed by atoms with Crippen LogP contribution in [0.1, 0.15) is 24.9 Å². The lowest BCUT2D eigenvalue weighted by Gasteiger charge is -2.29. The highest BCUT2D eigenvalue weighted by atomic mass is 35.5. The van der Waals surface area contributed by atoms with Gasteiger partial charge >= 0.3 is 0 Å². The van der Waals surface area contributed by atoms with E-state index in [1.165, 1.54) is 4.90 Å². The van der Waals surface area contributed by atoms with Gasteiger partial charge in [0.25, 0.3) is 5.91 Å². The molecule has 2 aliphatic heterocycles. The third-order valence-corrected chi connectivity index (χ3v) is 7.02. The fourth-order valence-corrected chi connectivity index (χ4v) is 5.27. The number of amides is 2. The van der Waals surface area contributed by atoms with Gasteiger partial charge in [0.05, 0.1) is 29.5 Å². The molecule has 0 unspecified atom stereocenters. The molecule has 4 aromatic rings. The van der Waals surface area contributed by atoms with E-state index in [4.69, 9.17) is 21.2 Å². The van der Waals surface area contributed by atoms with Crippen molar-refractivity contribution >= 4 is 45.7 Å². The topological polar surface area (TPSA) is 72.0 Å². The van der Waals surface area contributed by atoms with Crippen molar-refractivity contribution in [2.75, 3.05) is 16.6 Å². The second-order valence-electron chi connectivity index (χ2n) is 9.07. The molecule has 0 bridgehead atoms. The average molecular weight is 514 g/mol. The number of hydrogen-bond donors (Lipinski definition) is 0. The predicted molar refractivity (Wildman–Crippen MR) is 141 cm³/mol. The number of imide groups is 1. The number of anilines is 2. The Morgan fingerprint density at radius 3 is 2.41 bits per heavy atom. The Kier molecular flexibility index (Phi) is 6.02. The van der Waals surface area contributed by atoms with Crippen molar-refractivity contribution in [2.24, 2.45) is 5.92 Å². The van der Waals surface area contributed by atoms with Gasteiger partial charge in [-0.2, -0.15) is 0 Å². The van der Waals surface area contributed by atoms with Gasteiger partial charge in [-0.3, -0.25) is 14.4 Å². The highest BCUT2D eigenvalue weighted by Gasteiger charge is 2.60. The van der Waals surface area contributed by atoms with Gasteiger partial charge in [0, 0.05) is 10.9 Å². The molecule has 0 N–H and O–H groups in total. The first kappa shape index (κ1) is 23.5. The first-order valence-electron chi connectivity index (χ1n) is 12.2. The molecule has 3 heterocycles. The lowest BCUT2D eigenvalue weighted by atomic mass is 9.90. The van der Waals surface area contributed by atoms with Crippen molar-refractivity contribution in [1.29, 1.82) is 0 Å². The van der Waals surface area contributed by atoms with Crippen LogP contribution in [0.5, 0.6) is 5.75 Å². The van der Waals surface area contributed by atoms with Crippen LogP contribution in [0.15, 0.2) is 84.9 Å². The molecule has 186 valence electrons. The largest absolute Gasteiger partial charge is 0.494 e. The number of pyridine rings is 1. The van der Waals surface area contributed by atoms with E-state index in [9.17, 15) is 9.59 Å². The average Bonchev–Trinajstić information content (AvgIpc) is 3.43. The molecule has 3 aromatic carbocycles. The Labute approximate surface area is 219 Å². The van der Waals surface area contributed by atoms with Gasteiger partial charge in [0.2, 0.25) is 5.91 Å². The van der Waals surface area contributed by atoms with Crippen LogP contribution in [-0.2, 0) is 14.4 Å². The van der Waals surface area contributed by atoms with Crippen LogP contribution in [0.25, 0.3) is 10.9 Å². The molecule has 2 fully saturated rings. The monoisotopic (exact) mass is 513 g/mol. The number of hydrogen-bond acceptors (Lipinski definition) is 6. The summed E-state index contributed by atoms with van der Waals surface area (Å²) in [5.74, 6) is -0.872. The normalized spacial score (nSPS) is 21.1. The van der Waals surface area contributed by atoms with Gasteiger partial charge in [0.15, 0.2) is 6.10 Å². The number of fused-ring (bicyclic) bond motifs is 2. The third kappa shape index (κ3) is 4.00. The van der Waals surface area contributed by atoms with Crippen LogP contribution >= 0.6 is 11.6 Å². The van der Waals surface area contributed by atoms with Crippen molar-refractivity contribution in [3.63, 3.8) is 0 Å². The van der Waals surface area contributed by atoms with Crippen LogP contribution in [0.4, 0.5) is 11.4 Å². The quantitative estimate of drug-likeness (QED) is 0.242. The Balaban J connectivity index is 1.42. The second-order valence-corrected chi connectivity index (χ2v) is 9.43. The number of para-hydroxylation sites is 2. The summed E-state index contributed by atoms with van der Waals surface area (Å²) in [5, 5.41) is 2.78. The van der Waals surface area contributed by atoms with Gasteiger partial charge in [-0.15, -0.1) is 0 Å². The second kappa shape index (κ2) is 9.50. The summed E-state index contributed by atoms with van der Waals surface area (Å²) < 4.78 is 5.65.